The van der Waals surface area contributed by atoms with E-state index in [1.165, 1.54) is 18.3 Å². The van der Waals surface area contributed by atoms with E-state index in [9.17, 15) is 32.9 Å². The van der Waals surface area contributed by atoms with Crippen LogP contribution in [0.25, 0.3) is 0 Å². The first-order valence-electron chi connectivity index (χ1n) is 8.69. The fraction of sp³-hybridized carbons (Fsp3) is 0.316. The van der Waals surface area contributed by atoms with Crippen LogP contribution in [0.3, 0.4) is 0 Å². The van der Waals surface area contributed by atoms with Crippen LogP contribution in [0.2, 0.25) is 0 Å². The molecule has 1 aromatic heterocycles. The number of alkyl halides is 3. The molecule has 0 radical (unpaired) electrons. The van der Waals surface area contributed by atoms with Crippen molar-refractivity contribution < 1.29 is 37.2 Å². The summed E-state index contributed by atoms with van der Waals surface area (Å²) >= 11 is 0. The third kappa shape index (κ3) is 6.14. The number of pyridine rings is 1. The van der Waals surface area contributed by atoms with Crippen molar-refractivity contribution in [3.8, 4) is 11.5 Å². The Balaban J connectivity index is 2.32. The number of aromatic nitrogens is 1. The van der Waals surface area contributed by atoms with Gasteiger partial charge in [0.1, 0.15) is 22.8 Å². The van der Waals surface area contributed by atoms with Crippen molar-refractivity contribution >= 4 is 23.3 Å². The van der Waals surface area contributed by atoms with Gasteiger partial charge in [-0.25, -0.2) is 9.78 Å². The highest BCUT2D eigenvalue weighted by atomic mass is 19.4. The fourth-order valence-electron chi connectivity index (χ4n) is 2.35. The molecule has 1 aromatic carbocycles. The van der Waals surface area contributed by atoms with E-state index in [-0.39, 0.29) is 22.1 Å². The van der Waals surface area contributed by atoms with Gasteiger partial charge in [0.05, 0.1) is 11.0 Å². The summed E-state index contributed by atoms with van der Waals surface area (Å²) in [7, 11) is 0.772. The summed E-state index contributed by atoms with van der Waals surface area (Å²) < 4.78 is 48.7. The van der Waals surface area contributed by atoms with Crippen molar-refractivity contribution in [3.63, 3.8) is 0 Å². The van der Waals surface area contributed by atoms with Crippen LogP contribution in [0.5, 0.6) is 11.5 Å². The third-order valence-electron chi connectivity index (χ3n) is 3.63. The number of carbonyl (C=O) groups excluding carboxylic acids is 2. The molecule has 9 nitrogen and oxygen atoms in total. The Morgan fingerprint density at radius 2 is 1.71 bits per heavy atom. The van der Waals surface area contributed by atoms with Crippen LogP contribution in [0.1, 0.15) is 31.3 Å². The number of ether oxygens (including phenoxy) is 2. The molecule has 0 bridgehead atoms. The van der Waals surface area contributed by atoms with Gasteiger partial charge in [-0.2, -0.15) is 13.2 Å². The van der Waals surface area contributed by atoms with E-state index < -0.39 is 40.0 Å². The number of nitro groups is 1. The topological polar surface area (TPSA) is 112 Å². The average Bonchev–Trinajstić information content (AvgIpc) is 2.65. The first kappa shape index (κ1) is 23.6. The molecule has 0 atom stereocenters. The maximum absolute atomic E-state index is 12.7. The minimum atomic E-state index is -5.20. The van der Waals surface area contributed by atoms with Crippen LogP contribution in [0.15, 0.2) is 36.5 Å². The molecule has 0 N–H and O–H groups in total. The van der Waals surface area contributed by atoms with Crippen molar-refractivity contribution in [3.05, 3.63) is 52.3 Å². The summed E-state index contributed by atoms with van der Waals surface area (Å²) in [6.07, 6.45) is -3.94. The van der Waals surface area contributed by atoms with E-state index >= 15 is 0 Å². The first-order chi connectivity index (χ1) is 14.2. The molecule has 1 heterocycles. The summed E-state index contributed by atoms with van der Waals surface area (Å²) in [5, 5.41) is 11.3. The lowest BCUT2D eigenvalue weighted by Gasteiger charge is -2.19. The van der Waals surface area contributed by atoms with E-state index in [1.807, 2.05) is 0 Å². The van der Waals surface area contributed by atoms with Crippen LogP contribution >= 0.6 is 0 Å². The maximum atomic E-state index is 12.7. The standard InChI is InChI=1S/C19H18F3N3O6/c1-18(2,3)31-16(26)13-9-12(7-8-23-13)30-11-5-6-14(15(10-11)25(28)29)24(4)17(27)19(20,21)22/h5-10H,1-4H3. The van der Waals surface area contributed by atoms with Crippen LogP contribution in [0, 0.1) is 10.1 Å². The molecule has 0 aliphatic heterocycles. The van der Waals surface area contributed by atoms with Gasteiger partial charge in [0.25, 0.3) is 5.69 Å². The summed E-state index contributed by atoms with van der Waals surface area (Å²) in [5.41, 5.74) is -2.18. The van der Waals surface area contributed by atoms with Crippen LogP contribution in [-0.4, -0.2) is 40.6 Å². The number of amides is 1. The van der Waals surface area contributed by atoms with Crippen molar-refractivity contribution in [2.24, 2.45) is 0 Å². The van der Waals surface area contributed by atoms with Crippen molar-refractivity contribution in [2.75, 3.05) is 11.9 Å². The molecule has 31 heavy (non-hydrogen) atoms. The molecule has 0 saturated carbocycles. The summed E-state index contributed by atoms with van der Waals surface area (Å²) in [6.45, 7) is 5.02. The SMILES string of the molecule is CN(C(=O)C(F)(F)F)c1ccc(Oc2ccnc(C(=O)OC(C)(C)C)c2)cc1[N+](=O)[O-]. The molecule has 0 fully saturated rings. The first-order valence-corrected chi connectivity index (χ1v) is 8.69. The number of nitro benzene ring substituents is 1. The van der Waals surface area contributed by atoms with Gasteiger partial charge in [-0.05, 0) is 39.0 Å². The van der Waals surface area contributed by atoms with Crippen molar-refractivity contribution in [1.82, 2.24) is 4.98 Å². The van der Waals surface area contributed by atoms with Crippen molar-refractivity contribution in [2.45, 2.75) is 32.5 Å². The zero-order valence-corrected chi connectivity index (χ0v) is 16.9. The molecule has 2 rings (SSSR count). The number of rotatable bonds is 5. The Labute approximate surface area is 174 Å². The fourth-order valence-corrected chi connectivity index (χ4v) is 2.35. The molecule has 1 amide bonds. The quantitative estimate of drug-likeness (QED) is 0.387. The Morgan fingerprint density at radius 1 is 1.10 bits per heavy atom. The second kappa shape index (κ2) is 8.58. The monoisotopic (exact) mass is 441 g/mol. The van der Waals surface area contributed by atoms with Gasteiger partial charge in [0.15, 0.2) is 5.69 Å². The van der Waals surface area contributed by atoms with Gasteiger partial charge in [0.2, 0.25) is 0 Å². The lowest BCUT2D eigenvalue weighted by Crippen LogP contribution is -2.38. The predicted molar refractivity (Wildman–Crippen MR) is 102 cm³/mol. The Bertz CT molecular complexity index is 1020. The molecule has 12 heteroatoms. The van der Waals surface area contributed by atoms with Gasteiger partial charge in [-0.3, -0.25) is 14.9 Å². The molecule has 2 aromatic rings. The average molecular weight is 441 g/mol. The smallest absolute Gasteiger partial charge is 0.457 e. The molecule has 0 aliphatic carbocycles. The van der Waals surface area contributed by atoms with Gasteiger partial charge in [-0.1, -0.05) is 0 Å². The number of esters is 1. The highest BCUT2D eigenvalue weighted by molar-refractivity contribution is 5.98. The normalized spacial score (nSPS) is 11.6. The Morgan fingerprint density at radius 3 is 2.26 bits per heavy atom. The minimum Gasteiger partial charge on any atom is -0.457 e. The number of benzene rings is 1. The summed E-state index contributed by atoms with van der Waals surface area (Å²) in [4.78, 5) is 37.9. The zero-order valence-electron chi connectivity index (χ0n) is 16.9. The number of halogens is 3. The van der Waals surface area contributed by atoms with E-state index in [4.69, 9.17) is 9.47 Å². The number of hydrogen-bond donors (Lipinski definition) is 0. The van der Waals surface area contributed by atoms with Gasteiger partial charge in [0, 0.05) is 19.3 Å². The van der Waals surface area contributed by atoms with E-state index in [0.717, 1.165) is 25.2 Å². The minimum absolute atomic E-state index is 0.0750. The van der Waals surface area contributed by atoms with Crippen LogP contribution in [-0.2, 0) is 9.53 Å². The van der Waals surface area contributed by atoms with E-state index in [1.54, 1.807) is 20.8 Å². The lowest BCUT2D eigenvalue weighted by atomic mass is 10.2. The maximum Gasteiger partial charge on any atom is 0.471 e. The summed E-state index contributed by atoms with van der Waals surface area (Å²) in [6, 6.07) is 5.58. The van der Waals surface area contributed by atoms with Gasteiger partial charge in [-0.15, -0.1) is 0 Å². The number of nitrogens with zero attached hydrogens (tertiary/aromatic N) is 3. The second-order valence-corrected chi connectivity index (χ2v) is 7.25. The lowest BCUT2D eigenvalue weighted by molar-refractivity contribution is -0.384. The highest BCUT2D eigenvalue weighted by Crippen LogP contribution is 2.35. The predicted octanol–water partition coefficient (Wildman–Crippen LogP) is 4.26. The molecule has 0 saturated heterocycles. The summed E-state index contributed by atoms with van der Waals surface area (Å²) in [5.74, 6) is -3.01. The van der Waals surface area contributed by atoms with Gasteiger partial charge >= 0.3 is 18.1 Å². The second-order valence-electron chi connectivity index (χ2n) is 7.25. The highest BCUT2D eigenvalue weighted by Gasteiger charge is 2.43. The molecule has 0 spiro atoms. The molecule has 0 aliphatic rings. The van der Waals surface area contributed by atoms with Crippen molar-refractivity contribution in [1.29, 1.82) is 0 Å². The van der Waals surface area contributed by atoms with Crippen LogP contribution in [0.4, 0.5) is 24.5 Å². The number of hydrogen-bond acceptors (Lipinski definition) is 7. The Kier molecular flexibility index (Phi) is 6.52. The zero-order chi connectivity index (χ0) is 23.6. The van der Waals surface area contributed by atoms with Gasteiger partial charge < -0.3 is 14.4 Å². The van der Waals surface area contributed by atoms with Crippen LogP contribution < -0.4 is 9.64 Å². The largest absolute Gasteiger partial charge is 0.471 e. The third-order valence-corrected chi connectivity index (χ3v) is 3.63. The van der Waals surface area contributed by atoms with E-state index in [0.29, 0.717) is 0 Å². The number of carbonyl (C=O) groups is 2. The molecule has 0 unspecified atom stereocenters. The Hall–Kier alpha value is -3.70. The molecular weight excluding hydrogens is 423 g/mol. The molecule has 166 valence electrons. The molecular formula is C19H18F3N3O6. The number of anilines is 1. The van der Waals surface area contributed by atoms with E-state index in [2.05, 4.69) is 4.98 Å².